The summed E-state index contributed by atoms with van der Waals surface area (Å²) in [5, 5.41) is 0. The van der Waals surface area contributed by atoms with Crippen LogP contribution in [-0.4, -0.2) is 13.0 Å². The summed E-state index contributed by atoms with van der Waals surface area (Å²) >= 11 is 0. The summed E-state index contributed by atoms with van der Waals surface area (Å²) in [5.74, 6) is 0.765. The van der Waals surface area contributed by atoms with Crippen molar-refractivity contribution in [1.82, 2.24) is 0 Å². The van der Waals surface area contributed by atoms with Gasteiger partial charge >= 0.3 is 0 Å². The molecule has 0 aromatic heterocycles. The van der Waals surface area contributed by atoms with E-state index in [0.717, 1.165) is 37.8 Å². The quantitative estimate of drug-likeness (QED) is 0.695. The second-order valence-electron chi connectivity index (χ2n) is 7.70. The number of nitrogens with zero attached hydrogens (tertiary/aromatic N) is 1. The Balaban J connectivity index is 1.78. The number of benzene rings is 2. The summed E-state index contributed by atoms with van der Waals surface area (Å²) in [6, 6.07) is 20.8. The number of hydrogen-bond acceptors (Lipinski definition) is 1. The number of anilines is 1. The number of para-hydroxylation sites is 1. The zero-order valence-corrected chi connectivity index (χ0v) is 15.7. The molecule has 0 radical (unpaired) electrons. The van der Waals surface area contributed by atoms with Crippen LogP contribution in [0.5, 0.6) is 0 Å². The molecule has 1 saturated carbocycles. The summed E-state index contributed by atoms with van der Waals surface area (Å²) in [6.45, 7) is 2.26. The molecular formula is C24H27NO. The van der Waals surface area contributed by atoms with Crippen LogP contribution >= 0.6 is 0 Å². The van der Waals surface area contributed by atoms with Gasteiger partial charge in [0.2, 0.25) is 5.91 Å². The maximum Gasteiger partial charge on any atom is 0.237 e. The Hall–Kier alpha value is -2.35. The van der Waals surface area contributed by atoms with Gasteiger partial charge < -0.3 is 4.90 Å². The van der Waals surface area contributed by atoms with Gasteiger partial charge in [-0.1, -0.05) is 61.0 Å². The fourth-order valence-corrected chi connectivity index (χ4v) is 5.13. The van der Waals surface area contributed by atoms with E-state index in [-0.39, 0.29) is 11.3 Å². The van der Waals surface area contributed by atoms with Crippen LogP contribution in [0.3, 0.4) is 0 Å². The van der Waals surface area contributed by atoms with Gasteiger partial charge in [0.05, 0.1) is 5.41 Å². The lowest BCUT2D eigenvalue weighted by Gasteiger charge is -2.31. The van der Waals surface area contributed by atoms with Crippen molar-refractivity contribution in [1.29, 1.82) is 0 Å². The van der Waals surface area contributed by atoms with Crippen LogP contribution in [0.2, 0.25) is 0 Å². The second kappa shape index (κ2) is 6.75. The molecule has 134 valence electrons. The van der Waals surface area contributed by atoms with Crippen molar-refractivity contribution in [3.8, 4) is 0 Å². The van der Waals surface area contributed by atoms with Crippen LogP contribution in [0.25, 0.3) is 5.57 Å². The Kier molecular flexibility index (Phi) is 4.44. The van der Waals surface area contributed by atoms with Gasteiger partial charge in [0.25, 0.3) is 0 Å². The first-order valence-electron chi connectivity index (χ1n) is 9.79. The molecule has 26 heavy (non-hydrogen) atoms. The molecule has 1 fully saturated rings. The van der Waals surface area contributed by atoms with Crippen LogP contribution in [0.1, 0.15) is 44.6 Å². The molecule has 0 spiro atoms. The molecule has 4 rings (SSSR count). The van der Waals surface area contributed by atoms with Crippen molar-refractivity contribution in [3.63, 3.8) is 0 Å². The predicted molar refractivity (Wildman–Crippen MR) is 108 cm³/mol. The Bertz CT molecular complexity index is 824. The number of carbonyl (C=O) groups excluding carboxylic acids is 1. The van der Waals surface area contributed by atoms with E-state index in [1.807, 2.05) is 42.3 Å². The fraction of sp³-hybridized carbons (Fsp3) is 0.375. The standard InChI is InChI=1S/C24H27NO/c1-3-18-17-24(23(26)25(2)20-13-8-5-9-14-20)16-10-15-21(24)22(18)19-11-6-4-7-12-19/h4-9,11-14,18H,3,10,15-17H2,1-2H3/t18-,24+/m1/s1. The van der Waals surface area contributed by atoms with E-state index in [1.54, 1.807) is 0 Å². The van der Waals surface area contributed by atoms with E-state index in [0.29, 0.717) is 5.92 Å². The molecule has 2 aromatic rings. The normalized spacial score (nSPS) is 24.6. The van der Waals surface area contributed by atoms with Crippen molar-refractivity contribution in [3.05, 3.63) is 71.8 Å². The van der Waals surface area contributed by atoms with Crippen LogP contribution in [0.4, 0.5) is 5.69 Å². The molecule has 2 nitrogen and oxygen atoms in total. The highest BCUT2D eigenvalue weighted by Gasteiger charge is 2.53. The van der Waals surface area contributed by atoms with Crippen LogP contribution < -0.4 is 4.90 Å². The van der Waals surface area contributed by atoms with E-state index in [2.05, 4.69) is 37.3 Å². The maximum atomic E-state index is 13.7. The topological polar surface area (TPSA) is 20.3 Å². The van der Waals surface area contributed by atoms with E-state index >= 15 is 0 Å². The zero-order valence-electron chi connectivity index (χ0n) is 15.7. The highest BCUT2D eigenvalue weighted by atomic mass is 16.2. The van der Waals surface area contributed by atoms with E-state index < -0.39 is 0 Å². The number of hydrogen-bond donors (Lipinski definition) is 0. The first-order valence-corrected chi connectivity index (χ1v) is 9.79. The van der Waals surface area contributed by atoms with Crippen molar-refractivity contribution < 1.29 is 4.79 Å². The molecule has 2 aromatic carbocycles. The molecule has 2 atom stereocenters. The van der Waals surface area contributed by atoms with Gasteiger partial charge in [-0.25, -0.2) is 0 Å². The lowest BCUT2D eigenvalue weighted by Crippen LogP contribution is -2.40. The van der Waals surface area contributed by atoms with Crippen molar-refractivity contribution in [2.75, 3.05) is 11.9 Å². The van der Waals surface area contributed by atoms with Crippen molar-refractivity contribution in [2.45, 2.75) is 39.0 Å². The van der Waals surface area contributed by atoms with Gasteiger partial charge in [-0.2, -0.15) is 0 Å². The van der Waals surface area contributed by atoms with Crippen LogP contribution in [0.15, 0.2) is 66.2 Å². The number of fused-ring (bicyclic) bond motifs is 1. The molecule has 0 saturated heterocycles. The fourth-order valence-electron chi connectivity index (χ4n) is 5.13. The average molecular weight is 345 g/mol. The number of carbonyl (C=O) groups is 1. The van der Waals surface area contributed by atoms with E-state index in [9.17, 15) is 4.79 Å². The molecule has 1 amide bonds. The number of amides is 1. The molecule has 0 unspecified atom stereocenters. The Morgan fingerprint density at radius 3 is 2.38 bits per heavy atom. The predicted octanol–water partition coefficient (Wildman–Crippen LogP) is 5.70. The third kappa shape index (κ3) is 2.59. The highest BCUT2D eigenvalue weighted by molar-refractivity contribution is 6.02. The van der Waals surface area contributed by atoms with Crippen LogP contribution in [-0.2, 0) is 4.79 Å². The van der Waals surface area contributed by atoms with Gasteiger partial charge in [0.15, 0.2) is 0 Å². The highest BCUT2D eigenvalue weighted by Crippen LogP contribution is 2.59. The Morgan fingerprint density at radius 2 is 1.73 bits per heavy atom. The lowest BCUT2D eigenvalue weighted by molar-refractivity contribution is -0.126. The molecule has 2 heteroatoms. The minimum Gasteiger partial charge on any atom is -0.315 e. The maximum absolute atomic E-state index is 13.7. The Labute approximate surface area is 156 Å². The molecule has 0 N–H and O–H groups in total. The largest absolute Gasteiger partial charge is 0.315 e. The smallest absolute Gasteiger partial charge is 0.237 e. The SMILES string of the molecule is CC[C@@H]1C[C@@]2(C(=O)N(C)c3ccccc3)CCCC2=C1c1ccccc1. The van der Waals surface area contributed by atoms with Gasteiger partial charge in [0.1, 0.15) is 0 Å². The van der Waals surface area contributed by atoms with Gasteiger partial charge in [-0.15, -0.1) is 0 Å². The van der Waals surface area contributed by atoms with Gasteiger partial charge in [-0.05, 0) is 61.3 Å². The molecule has 2 aliphatic carbocycles. The first-order chi connectivity index (χ1) is 12.7. The van der Waals surface area contributed by atoms with Crippen molar-refractivity contribution >= 4 is 17.2 Å². The Morgan fingerprint density at radius 1 is 1.08 bits per heavy atom. The van der Waals surface area contributed by atoms with E-state index in [1.165, 1.54) is 16.7 Å². The third-order valence-corrected chi connectivity index (χ3v) is 6.37. The minimum atomic E-state index is -0.295. The first kappa shape index (κ1) is 17.1. The van der Waals surface area contributed by atoms with E-state index in [4.69, 9.17) is 0 Å². The summed E-state index contributed by atoms with van der Waals surface area (Å²) < 4.78 is 0. The lowest BCUT2D eigenvalue weighted by atomic mass is 9.79. The monoisotopic (exact) mass is 345 g/mol. The van der Waals surface area contributed by atoms with Crippen LogP contribution in [0, 0.1) is 11.3 Å². The summed E-state index contributed by atoms with van der Waals surface area (Å²) in [7, 11) is 1.93. The summed E-state index contributed by atoms with van der Waals surface area (Å²) in [4.78, 5) is 15.6. The number of rotatable bonds is 4. The van der Waals surface area contributed by atoms with Crippen molar-refractivity contribution in [2.24, 2.45) is 11.3 Å². The van der Waals surface area contributed by atoms with Gasteiger partial charge in [0, 0.05) is 12.7 Å². The summed E-state index contributed by atoms with van der Waals surface area (Å²) in [5.41, 5.74) is 4.88. The minimum absolute atomic E-state index is 0.278. The summed E-state index contributed by atoms with van der Waals surface area (Å²) in [6.07, 6.45) is 5.24. The molecule has 2 aliphatic rings. The molecular weight excluding hydrogens is 318 g/mol. The molecule has 0 aliphatic heterocycles. The number of allylic oxidation sites excluding steroid dienone is 1. The molecule has 0 bridgehead atoms. The van der Waals surface area contributed by atoms with Gasteiger partial charge in [-0.3, -0.25) is 4.79 Å². The second-order valence-corrected chi connectivity index (χ2v) is 7.70. The average Bonchev–Trinajstić information content (AvgIpc) is 3.25. The molecule has 0 heterocycles. The zero-order chi connectivity index (χ0) is 18.1. The third-order valence-electron chi connectivity index (χ3n) is 6.37.